The molecular weight excluding hydrogens is 220 g/mol. The van der Waals surface area contributed by atoms with Crippen molar-refractivity contribution in [2.75, 3.05) is 18.5 Å². The summed E-state index contributed by atoms with van der Waals surface area (Å²) < 4.78 is 5.24. The molecule has 1 aromatic rings. The Morgan fingerprint density at radius 2 is 2.29 bits per heavy atom. The van der Waals surface area contributed by atoms with E-state index in [4.69, 9.17) is 4.74 Å². The van der Waals surface area contributed by atoms with Crippen LogP contribution in [-0.4, -0.2) is 18.1 Å². The highest BCUT2D eigenvalue weighted by Crippen LogP contribution is 2.30. The van der Waals surface area contributed by atoms with E-state index in [0.717, 1.165) is 11.3 Å². The van der Waals surface area contributed by atoms with Gasteiger partial charge < -0.3 is 10.1 Å². The fraction of sp³-hybridized carbons (Fsp3) is 0.333. The second kappa shape index (κ2) is 5.89. The van der Waals surface area contributed by atoms with Gasteiger partial charge in [0.1, 0.15) is 0 Å². The Morgan fingerprint density at radius 1 is 1.59 bits per heavy atom. The lowest BCUT2D eigenvalue weighted by Gasteiger charge is -2.09. The predicted octanol–water partition coefficient (Wildman–Crippen LogP) is 2.98. The lowest BCUT2D eigenvalue weighted by atomic mass is 10.2. The van der Waals surface area contributed by atoms with E-state index in [0.29, 0.717) is 13.2 Å². The van der Waals surface area contributed by atoms with E-state index in [-0.39, 0.29) is 11.4 Å². The highest BCUT2D eigenvalue weighted by Gasteiger charge is 2.14. The molecule has 0 saturated carbocycles. The summed E-state index contributed by atoms with van der Waals surface area (Å²) in [6, 6.07) is 4.72. The molecule has 5 heteroatoms. The van der Waals surface area contributed by atoms with Gasteiger partial charge in [-0.3, -0.25) is 10.1 Å². The third-order valence-electron chi connectivity index (χ3n) is 2.05. The lowest BCUT2D eigenvalue weighted by Crippen LogP contribution is -2.03. The van der Waals surface area contributed by atoms with Gasteiger partial charge in [0.2, 0.25) is 0 Å². The van der Waals surface area contributed by atoms with Crippen molar-refractivity contribution in [3.63, 3.8) is 0 Å². The third kappa shape index (κ3) is 3.79. The van der Waals surface area contributed by atoms with Crippen LogP contribution in [0.1, 0.15) is 13.8 Å². The first kappa shape index (κ1) is 13.0. The average molecular weight is 236 g/mol. The molecule has 1 rings (SSSR count). The molecule has 1 N–H and O–H groups in total. The van der Waals surface area contributed by atoms with Crippen LogP contribution in [0.4, 0.5) is 11.4 Å². The van der Waals surface area contributed by atoms with Crippen molar-refractivity contribution in [3.05, 3.63) is 40.5 Å². The Labute approximate surface area is 100 Å². The maximum Gasteiger partial charge on any atom is 0.311 e. The molecule has 0 radical (unpaired) electrons. The van der Waals surface area contributed by atoms with Gasteiger partial charge in [-0.05, 0) is 19.9 Å². The van der Waals surface area contributed by atoms with Crippen LogP contribution < -0.4 is 10.1 Å². The largest absolute Gasteiger partial charge is 0.487 e. The first-order valence-electron chi connectivity index (χ1n) is 5.34. The van der Waals surface area contributed by atoms with Gasteiger partial charge in [-0.15, -0.1) is 0 Å². The van der Waals surface area contributed by atoms with Crippen molar-refractivity contribution in [2.24, 2.45) is 0 Å². The fourth-order valence-corrected chi connectivity index (χ4v) is 1.30. The van der Waals surface area contributed by atoms with Crippen molar-refractivity contribution in [3.8, 4) is 5.75 Å². The summed E-state index contributed by atoms with van der Waals surface area (Å²) in [5.41, 5.74) is 1.75. The fourth-order valence-electron chi connectivity index (χ4n) is 1.30. The van der Waals surface area contributed by atoms with Crippen LogP contribution in [0.2, 0.25) is 0 Å². The quantitative estimate of drug-likeness (QED) is 0.468. The molecule has 1 aromatic carbocycles. The molecule has 17 heavy (non-hydrogen) atoms. The number of nitro benzene ring substituents is 1. The Bertz CT molecular complexity index is 430. The SMILES string of the molecule is C=C(C)CNc1ccc([N+](=O)[O-])c(OCC)c1. The van der Waals surface area contributed by atoms with E-state index in [9.17, 15) is 10.1 Å². The van der Waals surface area contributed by atoms with Crippen molar-refractivity contribution in [1.29, 1.82) is 0 Å². The Hall–Kier alpha value is -2.04. The van der Waals surface area contributed by atoms with Gasteiger partial charge >= 0.3 is 5.69 Å². The van der Waals surface area contributed by atoms with Crippen LogP contribution in [0, 0.1) is 10.1 Å². The minimum absolute atomic E-state index is 0.0206. The zero-order valence-electron chi connectivity index (χ0n) is 10.0. The highest BCUT2D eigenvalue weighted by atomic mass is 16.6. The van der Waals surface area contributed by atoms with Crippen LogP contribution in [-0.2, 0) is 0 Å². The molecule has 0 aromatic heterocycles. The molecule has 0 aliphatic carbocycles. The molecule has 0 bridgehead atoms. The van der Waals surface area contributed by atoms with Crippen LogP contribution in [0.5, 0.6) is 5.75 Å². The first-order valence-corrected chi connectivity index (χ1v) is 5.34. The molecule has 0 spiro atoms. The number of hydrogen-bond acceptors (Lipinski definition) is 4. The Kier molecular flexibility index (Phi) is 4.51. The van der Waals surface area contributed by atoms with Gasteiger partial charge in [0.15, 0.2) is 5.75 Å². The van der Waals surface area contributed by atoms with Crippen LogP contribution >= 0.6 is 0 Å². The summed E-state index contributed by atoms with van der Waals surface area (Å²) in [5, 5.41) is 13.9. The molecule has 92 valence electrons. The molecule has 0 aliphatic heterocycles. The Balaban J connectivity index is 2.92. The number of benzene rings is 1. The minimum Gasteiger partial charge on any atom is -0.487 e. The average Bonchev–Trinajstić information content (AvgIpc) is 2.26. The number of ether oxygens (including phenoxy) is 1. The highest BCUT2D eigenvalue weighted by molar-refractivity contribution is 5.58. The zero-order valence-corrected chi connectivity index (χ0v) is 10.0. The smallest absolute Gasteiger partial charge is 0.311 e. The first-order chi connectivity index (χ1) is 8.04. The number of nitrogens with zero attached hydrogens (tertiary/aromatic N) is 1. The summed E-state index contributed by atoms with van der Waals surface area (Å²) in [4.78, 5) is 10.3. The maximum absolute atomic E-state index is 10.8. The standard InChI is InChI=1S/C12H16N2O3/c1-4-17-12-7-10(13-8-9(2)3)5-6-11(12)14(15)16/h5-7,13H,2,4,8H2,1,3H3. The molecule has 0 amide bonds. The molecule has 0 fully saturated rings. The van der Waals surface area contributed by atoms with Crippen LogP contribution in [0.3, 0.4) is 0 Å². The number of nitrogens with one attached hydrogen (secondary N) is 1. The molecule has 0 unspecified atom stereocenters. The van der Waals surface area contributed by atoms with Crippen molar-refractivity contribution in [1.82, 2.24) is 0 Å². The molecule has 0 saturated heterocycles. The molecule has 0 atom stereocenters. The lowest BCUT2D eigenvalue weighted by molar-refractivity contribution is -0.385. The van der Waals surface area contributed by atoms with Gasteiger partial charge in [0, 0.05) is 24.4 Å². The molecule has 0 heterocycles. The van der Waals surface area contributed by atoms with Gasteiger partial charge in [-0.25, -0.2) is 0 Å². The summed E-state index contributed by atoms with van der Waals surface area (Å²) in [7, 11) is 0. The zero-order chi connectivity index (χ0) is 12.8. The summed E-state index contributed by atoms with van der Waals surface area (Å²) >= 11 is 0. The summed E-state index contributed by atoms with van der Waals surface area (Å²) in [5.74, 6) is 0.282. The summed E-state index contributed by atoms with van der Waals surface area (Å²) in [6.45, 7) is 8.49. The maximum atomic E-state index is 10.8. The second-order valence-corrected chi connectivity index (χ2v) is 3.68. The van der Waals surface area contributed by atoms with Crippen molar-refractivity contribution >= 4 is 11.4 Å². The van der Waals surface area contributed by atoms with Gasteiger partial charge in [-0.2, -0.15) is 0 Å². The number of anilines is 1. The number of hydrogen-bond donors (Lipinski definition) is 1. The van der Waals surface area contributed by atoms with Crippen molar-refractivity contribution < 1.29 is 9.66 Å². The van der Waals surface area contributed by atoms with E-state index in [1.54, 1.807) is 19.1 Å². The van der Waals surface area contributed by atoms with E-state index in [2.05, 4.69) is 11.9 Å². The summed E-state index contributed by atoms with van der Waals surface area (Å²) in [6.07, 6.45) is 0. The third-order valence-corrected chi connectivity index (χ3v) is 2.05. The van der Waals surface area contributed by atoms with Gasteiger partial charge in [0.05, 0.1) is 11.5 Å². The van der Waals surface area contributed by atoms with Crippen LogP contribution in [0.15, 0.2) is 30.4 Å². The van der Waals surface area contributed by atoms with E-state index in [1.165, 1.54) is 6.07 Å². The van der Waals surface area contributed by atoms with E-state index >= 15 is 0 Å². The van der Waals surface area contributed by atoms with E-state index in [1.807, 2.05) is 6.92 Å². The Morgan fingerprint density at radius 3 is 2.82 bits per heavy atom. The molecule has 0 aliphatic rings. The molecule has 5 nitrogen and oxygen atoms in total. The normalized spacial score (nSPS) is 9.76. The predicted molar refractivity (Wildman–Crippen MR) is 67.6 cm³/mol. The number of rotatable bonds is 6. The van der Waals surface area contributed by atoms with Crippen LogP contribution in [0.25, 0.3) is 0 Å². The minimum atomic E-state index is -0.451. The van der Waals surface area contributed by atoms with E-state index < -0.39 is 4.92 Å². The monoisotopic (exact) mass is 236 g/mol. The van der Waals surface area contributed by atoms with Gasteiger partial charge in [-0.1, -0.05) is 12.2 Å². The number of nitro groups is 1. The van der Waals surface area contributed by atoms with Gasteiger partial charge in [0.25, 0.3) is 0 Å². The van der Waals surface area contributed by atoms with Crippen molar-refractivity contribution in [2.45, 2.75) is 13.8 Å². The second-order valence-electron chi connectivity index (χ2n) is 3.68. The topological polar surface area (TPSA) is 64.4 Å². The molecular formula is C12H16N2O3.